The topological polar surface area (TPSA) is 75.3 Å². The summed E-state index contributed by atoms with van der Waals surface area (Å²) in [5.74, 6) is -0.854. The van der Waals surface area contributed by atoms with Crippen LogP contribution in [0.1, 0.15) is 5.56 Å². The van der Waals surface area contributed by atoms with E-state index in [2.05, 4.69) is 10.0 Å². The summed E-state index contributed by atoms with van der Waals surface area (Å²) < 4.78 is 39.7. The van der Waals surface area contributed by atoms with Crippen LogP contribution in [-0.2, 0) is 21.2 Å². The molecule has 0 radical (unpaired) electrons. The monoisotopic (exact) mass is 370 g/mol. The molecule has 0 heterocycles. The van der Waals surface area contributed by atoms with E-state index >= 15 is 0 Å². The van der Waals surface area contributed by atoms with E-state index in [0.29, 0.717) is 12.0 Å². The van der Waals surface area contributed by atoms with Crippen molar-refractivity contribution in [3.05, 3.63) is 64.9 Å². The molecule has 0 aliphatic heterocycles. The van der Waals surface area contributed by atoms with E-state index in [4.69, 9.17) is 11.6 Å². The molecule has 0 aliphatic rings. The molecular formula is C16H16ClFN2O3S. The molecule has 2 rings (SSSR count). The Hall–Kier alpha value is -1.96. The summed E-state index contributed by atoms with van der Waals surface area (Å²) in [7, 11) is -3.87. The van der Waals surface area contributed by atoms with E-state index < -0.39 is 22.5 Å². The Kier molecular flexibility index (Phi) is 6.30. The van der Waals surface area contributed by atoms with Crippen LogP contribution in [0.5, 0.6) is 0 Å². The molecule has 1 amide bonds. The number of hydrogen-bond donors (Lipinski definition) is 2. The number of sulfonamides is 1. The third-order valence-electron chi connectivity index (χ3n) is 3.22. The van der Waals surface area contributed by atoms with Gasteiger partial charge in [0.05, 0.1) is 11.6 Å². The highest BCUT2D eigenvalue weighted by atomic mass is 35.5. The predicted octanol–water partition coefficient (Wildman–Crippen LogP) is 2.12. The highest BCUT2D eigenvalue weighted by Gasteiger charge is 2.18. The van der Waals surface area contributed by atoms with Gasteiger partial charge < -0.3 is 5.32 Å². The van der Waals surface area contributed by atoms with E-state index in [-0.39, 0.29) is 22.3 Å². The standard InChI is InChI=1S/C16H16ClFN2O3S/c17-13-6-2-4-8-15(13)24(22,23)20-11-16(21)19-10-9-12-5-1-3-7-14(12)18/h1-8,20H,9-11H2,(H,19,21). The second kappa shape index (κ2) is 8.23. The second-order valence-corrected chi connectivity index (χ2v) is 7.09. The third-order valence-corrected chi connectivity index (χ3v) is 5.12. The van der Waals surface area contributed by atoms with Gasteiger partial charge in [0.25, 0.3) is 0 Å². The van der Waals surface area contributed by atoms with Crippen molar-refractivity contribution >= 4 is 27.5 Å². The van der Waals surface area contributed by atoms with Gasteiger partial charge in [-0.05, 0) is 30.2 Å². The first-order chi connectivity index (χ1) is 11.4. The lowest BCUT2D eigenvalue weighted by molar-refractivity contribution is -0.119. The number of amides is 1. The van der Waals surface area contributed by atoms with E-state index in [1.54, 1.807) is 24.3 Å². The van der Waals surface area contributed by atoms with E-state index in [9.17, 15) is 17.6 Å². The summed E-state index contributed by atoms with van der Waals surface area (Å²) in [5, 5.41) is 2.61. The first-order valence-electron chi connectivity index (χ1n) is 7.14. The Balaban J connectivity index is 1.83. The van der Waals surface area contributed by atoms with Gasteiger partial charge in [0.1, 0.15) is 10.7 Å². The maximum Gasteiger partial charge on any atom is 0.242 e. The molecule has 0 fully saturated rings. The molecule has 0 bridgehead atoms. The lowest BCUT2D eigenvalue weighted by Gasteiger charge is -2.09. The fourth-order valence-electron chi connectivity index (χ4n) is 2.00. The van der Waals surface area contributed by atoms with Gasteiger partial charge in [-0.1, -0.05) is 41.9 Å². The number of halogens is 2. The molecular weight excluding hydrogens is 355 g/mol. The van der Waals surface area contributed by atoms with Gasteiger partial charge in [0.2, 0.25) is 15.9 Å². The highest BCUT2D eigenvalue weighted by Crippen LogP contribution is 2.19. The van der Waals surface area contributed by atoms with Crippen molar-refractivity contribution in [2.75, 3.05) is 13.1 Å². The summed E-state index contributed by atoms with van der Waals surface area (Å²) in [6, 6.07) is 12.2. The molecule has 0 unspecified atom stereocenters. The molecule has 0 aliphatic carbocycles. The largest absolute Gasteiger partial charge is 0.355 e. The average molecular weight is 371 g/mol. The van der Waals surface area contributed by atoms with Gasteiger partial charge >= 0.3 is 0 Å². The molecule has 0 saturated heterocycles. The van der Waals surface area contributed by atoms with Gasteiger partial charge in [-0.15, -0.1) is 0 Å². The number of carbonyl (C=O) groups excluding carboxylic acids is 1. The number of benzene rings is 2. The number of rotatable bonds is 7. The number of nitrogens with one attached hydrogen (secondary N) is 2. The van der Waals surface area contributed by atoms with Crippen molar-refractivity contribution < 1.29 is 17.6 Å². The van der Waals surface area contributed by atoms with E-state index in [1.165, 1.54) is 24.3 Å². The van der Waals surface area contributed by atoms with Crippen molar-refractivity contribution in [1.29, 1.82) is 0 Å². The number of hydrogen-bond acceptors (Lipinski definition) is 3. The fourth-order valence-corrected chi connectivity index (χ4v) is 3.50. The van der Waals surface area contributed by atoms with Crippen LogP contribution in [0.3, 0.4) is 0 Å². The van der Waals surface area contributed by atoms with Crippen LogP contribution < -0.4 is 10.0 Å². The van der Waals surface area contributed by atoms with Crippen molar-refractivity contribution in [2.24, 2.45) is 0 Å². The van der Waals surface area contributed by atoms with Crippen LogP contribution in [0.25, 0.3) is 0 Å². The van der Waals surface area contributed by atoms with Crippen LogP contribution in [0, 0.1) is 5.82 Å². The van der Waals surface area contributed by atoms with Crippen LogP contribution >= 0.6 is 11.6 Å². The Labute approximate surface area is 144 Å². The molecule has 8 heteroatoms. The van der Waals surface area contributed by atoms with Gasteiger partial charge in [0, 0.05) is 6.54 Å². The van der Waals surface area contributed by atoms with Crippen LogP contribution in [0.15, 0.2) is 53.4 Å². The van der Waals surface area contributed by atoms with Gasteiger partial charge in [0.15, 0.2) is 0 Å². The van der Waals surface area contributed by atoms with Crippen LogP contribution in [0.2, 0.25) is 5.02 Å². The molecule has 0 saturated carbocycles. The zero-order chi connectivity index (χ0) is 17.6. The van der Waals surface area contributed by atoms with E-state index in [1.807, 2.05) is 0 Å². The zero-order valence-electron chi connectivity index (χ0n) is 12.6. The fraction of sp³-hybridized carbons (Fsp3) is 0.188. The molecule has 128 valence electrons. The Bertz CT molecular complexity index is 828. The van der Waals surface area contributed by atoms with Crippen molar-refractivity contribution in [3.63, 3.8) is 0 Å². The van der Waals surface area contributed by atoms with Gasteiger partial charge in [-0.25, -0.2) is 17.5 Å². The highest BCUT2D eigenvalue weighted by molar-refractivity contribution is 7.89. The molecule has 5 nitrogen and oxygen atoms in total. The maximum atomic E-state index is 13.4. The molecule has 24 heavy (non-hydrogen) atoms. The lowest BCUT2D eigenvalue weighted by atomic mass is 10.1. The SMILES string of the molecule is O=C(CNS(=O)(=O)c1ccccc1Cl)NCCc1ccccc1F. The van der Waals surface area contributed by atoms with Crippen LogP contribution in [0.4, 0.5) is 4.39 Å². The van der Waals surface area contributed by atoms with Crippen LogP contribution in [-0.4, -0.2) is 27.4 Å². The first kappa shape index (κ1) is 18.4. The van der Waals surface area contributed by atoms with Gasteiger partial charge in [-0.3, -0.25) is 4.79 Å². The van der Waals surface area contributed by atoms with Crippen molar-refractivity contribution in [1.82, 2.24) is 10.0 Å². The third kappa shape index (κ3) is 5.02. The maximum absolute atomic E-state index is 13.4. The molecule has 2 N–H and O–H groups in total. The lowest BCUT2D eigenvalue weighted by Crippen LogP contribution is -2.37. The number of carbonyl (C=O) groups is 1. The Morgan fingerprint density at radius 3 is 2.46 bits per heavy atom. The summed E-state index contributed by atoms with van der Waals surface area (Å²) in [6.07, 6.45) is 0.315. The van der Waals surface area contributed by atoms with Gasteiger partial charge in [-0.2, -0.15) is 0 Å². The average Bonchev–Trinajstić information content (AvgIpc) is 2.55. The Morgan fingerprint density at radius 2 is 1.75 bits per heavy atom. The smallest absolute Gasteiger partial charge is 0.242 e. The normalized spacial score (nSPS) is 11.2. The predicted molar refractivity (Wildman–Crippen MR) is 89.8 cm³/mol. The summed E-state index contributed by atoms with van der Waals surface area (Å²) in [6.45, 7) is -0.224. The molecule has 2 aromatic carbocycles. The molecule has 2 aromatic rings. The summed E-state index contributed by atoms with van der Waals surface area (Å²) in [5.41, 5.74) is 0.481. The minimum atomic E-state index is -3.87. The summed E-state index contributed by atoms with van der Waals surface area (Å²) >= 11 is 5.84. The van der Waals surface area contributed by atoms with Crippen molar-refractivity contribution in [2.45, 2.75) is 11.3 Å². The minimum Gasteiger partial charge on any atom is -0.355 e. The first-order valence-corrected chi connectivity index (χ1v) is 9.00. The molecule has 0 aromatic heterocycles. The quantitative estimate of drug-likeness (QED) is 0.783. The summed E-state index contributed by atoms with van der Waals surface area (Å²) in [4.78, 5) is 11.6. The van der Waals surface area contributed by atoms with E-state index in [0.717, 1.165) is 0 Å². The zero-order valence-corrected chi connectivity index (χ0v) is 14.2. The molecule has 0 spiro atoms. The van der Waals surface area contributed by atoms with Crippen molar-refractivity contribution in [3.8, 4) is 0 Å². The Morgan fingerprint density at radius 1 is 1.08 bits per heavy atom. The minimum absolute atomic E-state index is 0.0740. The molecule has 0 atom stereocenters. The second-order valence-electron chi connectivity index (χ2n) is 4.95.